The van der Waals surface area contributed by atoms with E-state index in [2.05, 4.69) is 13.2 Å². The lowest BCUT2D eigenvalue weighted by molar-refractivity contribution is 0.185. The standard InChI is InChI=1S/C12H22O2S/c1-3-5-7-11(13)9-15-10-12(14)8-6-4-2/h3-4,11-14H,1-2,5-10H2. The first-order chi connectivity index (χ1) is 7.20. The molecule has 0 aliphatic heterocycles. The van der Waals surface area contributed by atoms with Crippen molar-refractivity contribution in [2.75, 3.05) is 11.5 Å². The number of aliphatic hydroxyl groups excluding tert-OH is 2. The van der Waals surface area contributed by atoms with E-state index >= 15 is 0 Å². The SMILES string of the molecule is C=CCCC(O)CSCC(O)CCC=C. The van der Waals surface area contributed by atoms with Crippen LogP contribution >= 0.6 is 11.8 Å². The summed E-state index contributed by atoms with van der Waals surface area (Å²) in [5, 5.41) is 19.0. The molecule has 2 atom stereocenters. The van der Waals surface area contributed by atoms with Crippen LogP contribution in [0.5, 0.6) is 0 Å². The first-order valence-electron chi connectivity index (χ1n) is 5.36. The lowest BCUT2D eigenvalue weighted by Gasteiger charge is -2.11. The number of thioether (sulfide) groups is 1. The third kappa shape index (κ3) is 10.0. The van der Waals surface area contributed by atoms with Crippen LogP contribution in [0.15, 0.2) is 25.3 Å². The van der Waals surface area contributed by atoms with E-state index in [4.69, 9.17) is 0 Å². The second kappa shape index (κ2) is 10.3. The van der Waals surface area contributed by atoms with Crippen LogP contribution in [-0.4, -0.2) is 33.9 Å². The lowest BCUT2D eigenvalue weighted by Crippen LogP contribution is -2.14. The molecule has 88 valence electrons. The summed E-state index contributed by atoms with van der Waals surface area (Å²) in [5.74, 6) is 1.39. The van der Waals surface area contributed by atoms with Gasteiger partial charge >= 0.3 is 0 Å². The van der Waals surface area contributed by atoms with E-state index in [1.807, 2.05) is 12.2 Å². The highest BCUT2D eigenvalue weighted by Gasteiger charge is 2.06. The normalized spacial score (nSPS) is 14.5. The third-order valence-corrected chi connectivity index (χ3v) is 3.27. The van der Waals surface area contributed by atoms with Crippen LogP contribution in [0, 0.1) is 0 Å². The Labute approximate surface area is 97.1 Å². The van der Waals surface area contributed by atoms with E-state index < -0.39 is 0 Å². The molecule has 2 N–H and O–H groups in total. The highest BCUT2D eigenvalue weighted by Crippen LogP contribution is 2.11. The predicted octanol–water partition coefficient (Wildman–Crippen LogP) is 2.37. The van der Waals surface area contributed by atoms with Crippen molar-refractivity contribution in [1.29, 1.82) is 0 Å². The van der Waals surface area contributed by atoms with Gasteiger partial charge in [0.05, 0.1) is 12.2 Å². The molecule has 0 aromatic rings. The Balaban J connectivity index is 3.34. The molecule has 0 aromatic heterocycles. The number of aliphatic hydroxyl groups is 2. The van der Waals surface area contributed by atoms with Crippen LogP contribution < -0.4 is 0 Å². The Bertz CT molecular complexity index is 153. The Morgan fingerprint density at radius 3 is 1.67 bits per heavy atom. The molecule has 0 spiro atoms. The van der Waals surface area contributed by atoms with Gasteiger partial charge in [0.25, 0.3) is 0 Å². The van der Waals surface area contributed by atoms with Gasteiger partial charge in [-0.25, -0.2) is 0 Å². The summed E-state index contributed by atoms with van der Waals surface area (Å²) in [4.78, 5) is 0. The third-order valence-electron chi connectivity index (χ3n) is 2.03. The first-order valence-corrected chi connectivity index (χ1v) is 6.51. The molecule has 15 heavy (non-hydrogen) atoms. The van der Waals surface area contributed by atoms with Gasteiger partial charge in [0, 0.05) is 11.5 Å². The molecule has 0 amide bonds. The molecule has 0 heterocycles. The highest BCUT2D eigenvalue weighted by molar-refractivity contribution is 7.99. The van der Waals surface area contributed by atoms with E-state index in [0.717, 1.165) is 25.7 Å². The largest absolute Gasteiger partial charge is 0.392 e. The van der Waals surface area contributed by atoms with Gasteiger partial charge in [-0.05, 0) is 25.7 Å². The molecule has 0 saturated carbocycles. The summed E-state index contributed by atoms with van der Waals surface area (Å²) in [6, 6.07) is 0. The number of hydrogen-bond donors (Lipinski definition) is 2. The highest BCUT2D eigenvalue weighted by atomic mass is 32.2. The van der Waals surface area contributed by atoms with Crippen molar-refractivity contribution in [3.05, 3.63) is 25.3 Å². The first kappa shape index (κ1) is 14.8. The number of rotatable bonds is 10. The molecule has 0 fully saturated rings. The number of hydrogen-bond acceptors (Lipinski definition) is 3. The van der Waals surface area contributed by atoms with Gasteiger partial charge in [0.1, 0.15) is 0 Å². The topological polar surface area (TPSA) is 40.5 Å². The van der Waals surface area contributed by atoms with E-state index in [0.29, 0.717) is 11.5 Å². The Hall–Kier alpha value is -0.250. The van der Waals surface area contributed by atoms with Gasteiger partial charge in [0.2, 0.25) is 0 Å². The Morgan fingerprint density at radius 1 is 0.933 bits per heavy atom. The van der Waals surface area contributed by atoms with Crippen LogP contribution in [0.4, 0.5) is 0 Å². The molecule has 2 unspecified atom stereocenters. The maximum Gasteiger partial charge on any atom is 0.0633 e. The van der Waals surface area contributed by atoms with Crippen LogP contribution in [-0.2, 0) is 0 Å². The van der Waals surface area contributed by atoms with Gasteiger partial charge in [-0.1, -0.05) is 12.2 Å². The van der Waals surface area contributed by atoms with Crippen molar-refractivity contribution in [2.24, 2.45) is 0 Å². The number of allylic oxidation sites excluding steroid dienone is 2. The minimum absolute atomic E-state index is 0.278. The van der Waals surface area contributed by atoms with Gasteiger partial charge in [-0.3, -0.25) is 0 Å². The molecule has 2 nitrogen and oxygen atoms in total. The Kier molecular flexibility index (Phi) is 10.1. The van der Waals surface area contributed by atoms with E-state index in [1.165, 1.54) is 0 Å². The van der Waals surface area contributed by atoms with Gasteiger partial charge in [-0.2, -0.15) is 11.8 Å². The zero-order chi connectivity index (χ0) is 11.5. The smallest absolute Gasteiger partial charge is 0.0633 e. The summed E-state index contributed by atoms with van der Waals surface area (Å²) >= 11 is 1.60. The van der Waals surface area contributed by atoms with Crippen molar-refractivity contribution < 1.29 is 10.2 Å². The predicted molar refractivity (Wildman–Crippen MR) is 68.2 cm³/mol. The molecular weight excluding hydrogens is 208 g/mol. The van der Waals surface area contributed by atoms with Gasteiger partial charge in [0.15, 0.2) is 0 Å². The van der Waals surface area contributed by atoms with Gasteiger partial charge < -0.3 is 10.2 Å². The summed E-state index contributed by atoms with van der Waals surface area (Å²) < 4.78 is 0. The van der Waals surface area contributed by atoms with Crippen LogP contribution in [0.25, 0.3) is 0 Å². The molecule has 0 radical (unpaired) electrons. The molecule has 0 bridgehead atoms. The summed E-state index contributed by atoms with van der Waals surface area (Å²) in [7, 11) is 0. The summed E-state index contributed by atoms with van der Waals surface area (Å²) in [6.07, 6.45) is 6.29. The minimum Gasteiger partial charge on any atom is -0.392 e. The fourth-order valence-corrected chi connectivity index (χ4v) is 2.14. The second-order valence-electron chi connectivity index (χ2n) is 3.58. The molecule has 3 heteroatoms. The zero-order valence-corrected chi connectivity index (χ0v) is 10.1. The van der Waals surface area contributed by atoms with E-state index in [9.17, 15) is 10.2 Å². The van der Waals surface area contributed by atoms with Gasteiger partial charge in [-0.15, -0.1) is 13.2 Å². The zero-order valence-electron chi connectivity index (χ0n) is 9.27. The average molecular weight is 230 g/mol. The average Bonchev–Trinajstić information content (AvgIpc) is 2.23. The molecule has 0 rings (SSSR count). The van der Waals surface area contributed by atoms with Crippen LogP contribution in [0.3, 0.4) is 0 Å². The molecular formula is C12H22O2S. The van der Waals surface area contributed by atoms with Crippen molar-refractivity contribution in [3.8, 4) is 0 Å². The summed E-state index contributed by atoms with van der Waals surface area (Å²) in [6.45, 7) is 7.22. The van der Waals surface area contributed by atoms with Crippen molar-refractivity contribution in [1.82, 2.24) is 0 Å². The van der Waals surface area contributed by atoms with Crippen LogP contribution in [0.1, 0.15) is 25.7 Å². The van der Waals surface area contributed by atoms with E-state index in [-0.39, 0.29) is 12.2 Å². The quantitative estimate of drug-likeness (QED) is 0.566. The maximum atomic E-state index is 9.50. The fraction of sp³-hybridized carbons (Fsp3) is 0.667. The molecule has 0 aromatic carbocycles. The Morgan fingerprint density at radius 2 is 1.33 bits per heavy atom. The van der Waals surface area contributed by atoms with Crippen molar-refractivity contribution in [2.45, 2.75) is 37.9 Å². The molecule has 0 aliphatic carbocycles. The van der Waals surface area contributed by atoms with E-state index in [1.54, 1.807) is 11.8 Å². The van der Waals surface area contributed by atoms with Crippen molar-refractivity contribution >= 4 is 11.8 Å². The monoisotopic (exact) mass is 230 g/mol. The lowest BCUT2D eigenvalue weighted by atomic mass is 10.2. The fourth-order valence-electron chi connectivity index (χ4n) is 1.13. The van der Waals surface area contributed by atoms with Crippen molar-refractivity contribution in [3.63, 3.8) is 0 Å². The van der Waals surface area contributed by atoms with Crippen LogP contribution in [0.2, 0.25) is 0 Å². The molecule has 0 saturated heterocycles. The maximum absolute atomic E-state index is 9.50. The minimum atomic E-state index is -0.278. The molecule has 0 aliphatic rings. The second-order valence-corrected chi connectivity index (χ2v) is 4.65. The summed E-state index contributed by atoms with van der Waals surface area (Å²) in [5.41, 5.74) is 0.